The number of hydrogen-bond donors (Lipinski definition) is 3. The smallest absolute Gasteiger partial charge is 0.308 e. The summed E-state index contributed by atoms with van der Waals surface area (Å²) < 4.78 is 0. The summed E-state index contributed by atoms with van der Waals surface area (Å²) in [5, 5.41) is 12.4. The van der Waals surface area contributed by atoms with Crippen LogP contribution in [0.2, 0.25) is 0 Å². The Labute approximate surface area is 126 Å². The Hall–Kier alpha value is -1.10. The highest BCUT2D eigenvalue weighted by Gasteiger charge is 2.34. The van der Waals surface area contributed by atoms with E-state index in [0.717, 1.165) is 57.8 Å². The molecule has 0 aromatic rings. The van der Waals surface area contributed by atoms with E-state index < -0.39 is 11.9 Å². The number of rotatable bonds is 3. The Morgan fingerprint density at radius 2 is 1.43 bits per heavy atom. The summed E-state index contributed by atoms with van der Waals surface area (Å²) in [6.45, 7) is 0. The highest BCUT2D eigenvalue weighted by atomic mass is 16.4. The zero-order valence-corrected chi connectivity index (χ0v) is 12.7. The molecule has 2 aliphatic carbocycles. The highest BCUT2D eigenvalue weighted by Crippen LogP contribution is 2.26. The third-order valence-corrected chi connectivity index (χ3v) is 5.07. The quantitative estimate of drug-likeness (QED) is 0.695. The van der Waals surface area contributed by atoms with Crippen molar-refractivity contribution in [2.45, 2.75) is 76.3 Å². The molecule has 4 N–H and O–H groups in total. The molecule has 120 valence electrons. The normalized spacial score (nSPS) is 34.5. The lowest BCUT2D eigenvalue weighted by atomic mass is 9.91. The summed E-state index contributed by atoms with van der Waals surface area (Å²) in [5.74, 6) is -1.40. The maximum atomic E-state index is 12.5. The van der Waals surface area contributed by atoms with Crippen molar-refractivity contribution >= 4 is 11.9 Å². The molecule has 0 aromatic heterocycles. The third-order valence-electron chi connectivity index (χ3n) is 5.07. The fraction of sp³-hybridized carbons (Fsp3) is 0.875. The Balaban J connectivity index is 1.99. The zero-order chi connectivity index (χ0) is 15.2. The SMILES string of the molecule is NC1CCCCCC1C(=O)NC1CCCCCC1C(=O)O. The summed E-state index contributed by atoms with van der Waals surface area (Å²) in [5.41, 5.74) is 6.13. The van der Waals surface area contributed by atoms with E-state index in [9.17, 15) is 14.7 Å². The van der Waals surface area contributed by atoms with Gasteiger partial charge in [-0.2, -0.15) is 0 Å². The van der Waals surface area contributed by atoms with Crippen LogP contribution in [0.4, 0.5) is 0 Å². The summed E-state index contributed by atoms with van der Waals surface area (Å²) in [7, 11) is 0. The van der Waals surface area contributed by atoms with Crippen LogP contribution in [0, 0.1) is 11.8 Å². The lowest BCUT2D eigenvalue weighted by Crippen LogP contribution is -2.48. The minimum atomic E-state index is -0.785. The van der Waals surface area contributed by atoms with E-state index in [-0.39, 0.29) is 23.9 Å². The number of aliphatic carboxylic acids is 1. The maximum absolute atomic E-state index is 12.5. The summed E-state index contributed by atoms with van der Waals surface area (Å²) in [4.78, 5) is 23.9. The number of carbonyl (C=O) groups is 2. The molecule has 2 aliphatic rings. The van der Waals surface area contributed by atoms with Gasteiger partial charge in [0.25, 0.3) is 0 Å². The predicted molar refractivity (Wildman–Crippen MR) is 80.7 cm³/mol. The molecule has 5 nitrogen and oxygen atoms in total. The van der Waals surface area contributed by atoms with Gasteiger partial charge in [0.05, 0.1) is 11.8 Å². The molecule has 0 saturated heterocycles. The molecule has 2 fully saturated rings. The number of carboxylic acids is 1. The van der Waals surface area contributed by atoms with Gasteiger partial charge in [-0.3, -0.25) is 9.59 Å². The molecule has 0 radical (unpaired) electrons. The van der Waals surface area contributed by atoms with Crippen LogP contribution < -0.4 is 11.1 Å². The van der Waals surface area contributed by atoms with Gasteiger partial charge >= 0.3 is 5.97 Å². The van der Waals surface area contributed by atoms with Crippen molar-refractivity contribution < 1.29 is 14.7 Å². The van der Waals surface area contributed by atoms with Crippen LogP contribution in [0.25, 0.3) is 0 Å². The number of nitrogens with two attached hydrogens (primary N) is 1. The third kappa shape index (κ3) is 4.43. The number of carbonyl (C=O) groups excluding carboxylic acids is 1. The van der Waals surface area contributed by atoms with E-state index in [1.165, 1.54) is 0 Å². The van der Waals surface area contributed by atoms with Crippen molar-refractivity contribution in [1.29, 1.82) is 0 Å². The number of amides is 1. The molecule has 2 rings (SSSR count). The zero-order valence-electron chi connectivity index (χ0n) is 12.7. The van der Waals surface area contributed by atoms with E-state index >= 15 is 0 Å². The number of carboxylic acid groups (broad SMARTS) is 1. The summed E-state index contributed by atoms with van der Waals surface area (Å²) in [6, 6.07) is -0.311. The first-order chi connectivity index (χ1) is 10.1. The molecule has 2 saturated carbocycles. The summed E-state index contributed by atoms with van der Waals surface area (Å²) >= 11 is 0. The van der Waals surface area contributed by atoms with Crippen molar-refractivity contribution in [3.05, 3.63) is 0 Å². The van der Waals surface area contributed by atoms with Crippen LogP contribution in [0.5, 0.6) is 0 Å². The van der Waals surface area contributed by atoms with E-state index in [4.69, 9.17) is 5.73 Å². The molecule has 1 amide bonds. The Bertz CT molecular complexity index is 373. The fourth-order valence-corrected chi connectivity index (χ4v) is 3.73. The monoisotopic (exact) mass is 296 g/mol. The Kier molecular flexibility index (Phi) is 6.03. The van der Waals surface area contributed by atoms with Crippen LogP contribution in [-0.4, -0.2) is 29.1 Å². The van der Waals surface area contributed by atoms with Gasteiger partial charge in [-0.1, -0.05) is 38.5 Å². The predicted octanol–water partition coefficient (Wildman–Crippen LogP) is 2.04. The lowest BCUT2D eigenvalue weighted by molar-refractivity contribution is -0.143. The average molecular weight is 296 g/mol. The molecule has 4 atom stereocenters. The minimum absolute atomic E-state index is 0.0254. The lowest BCUT2D eigenvalue weighted by Gasteiger charge is -2.27. The molecule has 0 bridgehead atoms. The first-order valence-corrected chi connectivity index (χ1v) is 8.38. The summed E-state index contributed by atoms with van der Waals surface area (Å²) in [6.07, 6.45) is 9.41. The minimum Gasteiger partial charge on any atom is -0.481 e. The number of nitrogens with one attached hydrogen (secondary N) is 1. The molecule has 0 aromatic carbocycles. The Morgan fingerprint density at radius 1 is 0.857 bits per heavy atom. The molecular formula is C16H28N2O3. The van der Waals surface area contributed by atoms with Crippen LogP contribution in [0.3, 0.4) is 0 Å². The number of hydrogen-bond acceptors (Lipinski definition) is 3. The van der Waals surface area contributed by atoms with Gasteiger partial charge < -0.3 is 16.2 Å². The van der Waals surface area contributed by atoms with Gasteiger partial charge in [0.15, 0.2) is 0 Å². The van der Waals surface area contributed by atoms with Crippen molar-refractivity contribution in [2.75, 3.05) is 0 Å². The second-order valence-electron chi connectivity index (χ2n) is 6.61. The second kappa shape index (κ2) is 7.78. The van der Waals surface area contributed by atoms with Crippen molar-refractivity contribution in [1.82, 2.24) is 5.32 Å². The molecule has 0 spiro atoms. The van der Waals surface area contributed by atoms with Gasteiger partial charge in [0.2, 0.25) is 5.91 Å². The topological polar surface area (TPSA) is 92.4 Å². The van der Waals surface area contributed by atoms with E-state index in [2.05, 4.69) is 5.32 Å². The van der Waals surface area contributed by atoms with Crippen LogP contribution in [0.15, 0.2) is 0 Å². The van der Waals surface area contributed by atoms with Gasteiger partial charge in [-0.25, -0.2) is 0 Å². The van der Waals surface area contributed by atoms with Gasteiger partial charge in [-0.05, 0) is 25.7 Å². The Morgan fingerprint density at radius 3 is 2.10 bits per heavy atom. The standard InChI is InChI=1S/C16H28N2O3/c17-13-9-5-1-3-7-11(13)15(19)18-14-10-6-2-4-8-12(14)16(20)21/h11-14H,1-10,17H2,(H,18,19)(H,20,21). The molecule has 0 aliphatic heterocycles. The molecule has 21 heavy (non-hydrogen) atoms. The average Bonchev–Trinajstić information content (AvgIpc) is 2.79. The van der Waals surface area contributed by atoms with Gasteiger partial charge in [0.1, 0.15) is 0 Å². The van der Waals surface area contributed by atoms with Crippen LogP contribution in [0.1, 0.15) is 64.2 Å². The molecule has 4 unspecified atom stereocenters. The molecule has 5 heteroatoms. The first kappa shape index (κ1) is 16.3. The van der Waals surface area contributed by atoms with Crippen LogP contribution in [-0.2, 0) is 9.59 Å². The van der Waals surface area contributed by atoms with E-state index in [1.807, 2.05) is 0 Å². The van der Waals surface area contributed by atoms with E-state index in [0.29, 0.717) is 6.42 Å². The van der Waals surface area contributed by atoms with Gasteiger partial charge in [0, 0.05) is 12.1 Å². The molecule has 0 heterocycles. The maximum Gasteiger partial charge on any atom is 0.308 e. The highest BCUT2D eigenvalue weighted by molar-refractivity contribution is 5.81. The fourth-order valence-electron chi connectivity index (χ4n) is 3.73. The molecular weight excluding hydrogens is 268 g/mol. The van der Waals surface area contributed by atoms with Crippen molar-refractivity contribution in [3.8, 4) is 0 Å². The first-order valence-electron chi connectivity index (χ1n) is 8.38. The largest absolute Gasteiger partial charge is 0.481 e. The van der Waals surface area contributed by atoms with Crippen LogP contribution >= 0.6 is 0 Å². The van der Waals surface area contributed by atoms with Gasteiger partial charge in [-0.15, -0.1) is 0 Å². The van der Waals surface area contributed by atoms with Crippen molar-refractivity contribution in [2.24, 2.45) is 17.6 Å². The van der Waals surface area contributed by atoms with E-state index in [1.54, 1.807) is 0 Å². The van der Waals surface area contributed by atoms with Crippen molar-refractivity contribution in [3.63, 3.8) is 0 Å². The second-order valence-corrected chi connectivity index (χ2v) is 6.61.